The lowest BCUT2D eigenvalue weighted by molar-refractivity contribution is -0.142. The monoisotopic (exact) mass is 277 g/mol. The first-order valence-corrected chi connectivity index (χ1v) is 7.39. The van der Waals surface area contributed by atoms with Crippen molar-refractivity contribution in [2.75, 3.05) is 19.7 Å². The molecule has 20 heavy (non-hydrogen) atoms. The van der Waals surface area contributed by atoms with E-state index in [4.69, 9.17) is 4.74 Å². The molecule has 3 nitrogen and oxygen atoms in total. The largest absolute Gasteiger partial charge is 0.493 e. The number of benzene rings is 1. The molecule has 2 fully saturated rings. The third-order valence-corrected chi connectivity index (χ3v) is 4.27. The van der Waals surface area contributed by atoms with E-state index in [0.717, 1.165) is 25.9 Å². The highest BCUT2D eigenvalue weighted by molar-refractivity contribution is 5.79. The minimum absolute atomic E-state index is 0.255. The van der Waals surface area contributed by atoms with E-state index in [9.17, 15) is 9.18 Å². The number of likely N-dealkylation sites (tertiary alicyclic amines) is 1. The summed E-state index contributed by atoms with van der Waals surface area (Å²) in [5.41, 5.74) is 0. The number of hydrogen-bond acceptors (Lipinski definition) is 2. The topological polar surface area (TPSA) is 29.5 Å². The Morgan fingerprint density at radius 2 is 1.85 bits per heavy atom. The van der Waals surface area contributed by atoms with Gasteiger partial charge >= 0.3 is 0 Å². The summed E-state index contributed by atoms with van der Waals surface area (Å²) in [5.74, 6) is 1.45. The lowest BCUT2D eigenvalue weighted by Crippen LogP contribution is -2.53. The molecule has 1 aromatic rings. The van der Waals surface area contributed by atoms with E-state index in [2.05, 4.69) is 0 Å². The molecule has 108 valence electrons. The smallest absolute Gasteiger partial charge is 0.225 e. The third kappa shape index (κ3) is 2.94. The number of halogens is 1. The molecule has 4 heteroatoms. The van der Waals surface area contributed by atoms with Gasteiger partial charge in [0.1, 0.15) is 11.6 Å². The van der Waals surface area contributed by atoms with Crippen molar-refractivity contribution in [3.63, 3.8) is 0 Å². The van der Waals surface area contributed by atoms with Gasteiger partial charge in [0.05, 0.1) is 6.61 Å². The molecule has 1 aliphatic carbocycles. The molecule has 1 aliphatic heterocycles. The van der Waals surface area contributed by atoms with Gasteiger partial charge in [-0.25, -0.2) is 4.39 Å². The van der Waals surface area contributed by atoms with Gasteiger partial charge in [0.2, 0.25) is 5.91 Å². The third-order valence-electron chi connectivity index (χ3n) is 4.27. The lowest BCUT2D eigenvalue weighted by atomic mass is 9.97. The Morgan fingerprint density at radius 3 is 2.50 bits per heavy atom. The maximum Gasteiger partial charge on any atom is 0.225 e. The lowest BCUT2D eigenvalue weighted by Gasteiger charge is -2.40. The highest BCUT2D eigenvalue weighted by atomic mass is 19.1. The molecule has 0 atom stereocenters. The molecule has 1 aromatic carbocycles. The van der Waals surface area contributed by atoms with Crippen LogP contribution in [0.3, 0.4) is 0 Å². The summed E-state index contributed by atoms with van der Waals surface area (Å²) in [7, 11) is 0. The maximum absolute atomic E-state index is 12.8. The maximum atomic E-state index is 12.8. The fourth-order valence-electron chi connectivity index (χ4n) is 3.03. The summed E-state index contributed by atoms with van der Waals surface area (Å²) in [6.45, 7) is 2.20. The summed E-state index contributed by atoms with van der Waals surface area (Å²) < 4.78 is 18.4. The van der Waals surface area contributed by atoms with Gasteiger partial charge in [-0.1, -0.05) is 12.8 Å². The number of rotatable bonds is 4. The van der Waals surface area contributed by atoms with Crippen molar-refractivity contribution in [1.82, 2.24) is 4.90 Å². The predicted molar refractivity (Wildman–Crippen MR) is 73.9 cm³/mol. The standard InChI is InChI=1S/C16H20FNO2/c17-14-5-7-15(8-6-14)20-11-12-9-18(10-12)16(19)13-3-1-2-4-13/h5-8,12-13H,1-4,9-11H2. The molecule has 1 saturated heterocycles. The second-order valence-corrected chi connectivity index (χ2v) is 5.86. The Kier molecular flexibility index (Phi) is 3.90. The highest BCUT2D eigenvalue weighted by Crippen LogP contribution is 2.29. The average molecular weight is 277 g/mol. The summed E-state index contributed by atoms with van der Waals surface area (Å²) >= 11 is 0. The fourth-order valence-corrected chi connectivity index (χ4v) is 3.03. The summed E-state index contributed by atoms with van der Waals surface area (Å²) in [5, 5.41) is 0. The number of ether oxygens (including phenoxy) is 1. The zero-order valence-corrected chi connectivity index (χ0v) is 11.6. The minimum atomic E-state index is -0.255. The van der Waals surface area contributed by atoms with Crippen LogP contribution in [0, 0.1) is 17.7 Å². The number of carbonyl (C=O) groups excluding carboxylic acids is 1. The van der Waals surface area contributed by atoms with E-state index in [1.54, 1.807) is 12.1 Å². The van der Waals surface area contributed by atoms with Gasteiger partial charge in [-0.15, -0.1) is 0 Å². The molecule has 0 aromatic heterocycles. The van der Waals surface area contributed by atoms with Gasteiger partial charge in [-0.05, 0) is 37.1 Å². The zero-order chi connectivity index (χ0) is 13.9. The van der Waals surface area contributed by atoms with Crippen molar-refractivity contribution in [3.05, 3.63) is 30.1 Å². The Balaban J connectivity index is 1.39. The Bertz CT molecular complexity index is 462. The number of carbonyl (C=O) groups is 1. The van der Waals surface area contributed by atoms with Gasteiger partial charge in [0, 0.05) is 24.9 Å². The molecule has 0 bridgehead atoms. The summed E-state index contributed by atoms with van der Waals surface area (Å²) in [6, 6.07) is 6.06. The van der Waals surface area contributed by atoms with Crippen molar-refractivity contribution >= 4 is 5.91 Å². The second-order valence-electron chi connectivity index (χ2n) is 5.86. The molecule has 1 saturated carbocycles. The molecule has 0 spiro atoms. The predicted octanol–water partition coefficient (Wildman–Crippen LogP) is 2.85. The van der Waals surface area contributed by atoms with E-state index >= 15 is 0 Å². The van der Waals surface area contributed by atoms with Crippen molar-refractivity contribution in [2.24, 2.45) is 11.8 Å². The van der Waals surface area contributed by atoms with Crippen LogP contribution >= 0.6 is 0 Å². The van der Waals surface area contributed by atoms with E-state index in [1.807, 2.05) is 4.90 Å². The zero-order valence-electron chi connectivity index (χ0n) is 11.6. The van der Waals surface area contributed by atoms with Crippen molar-refractivity contribution < 1.29 is 13.9 Å². The number of hydrogen-bond donors (Lipinski definition) is 0. The van der Waals surface area contributed by atoms with Gasteiger partial charge in [-0.3, -0.25) is 4.79 Å². The number of amides is 1. The van der Waals surface area contributed by atoms with E-state index < -0.39 is 0 Å². The van der Waals surface area contributed by atoms with E-state index in [1.165, 1.54) is 25.0 Å². The van der Waals surface area contributed by atoms with Crippen LogP contribution in [0.15, 0.2) is 24.3 Å². The molecule has 1 amide bonds. The van der Waals surface area contributed by atoms with Crippen LogP contribution in [0.25, 0.3) is 0 Å². The highest BCUT2D eigenvalue weighted by Gasteiger charge is 2.35. The average Bonchev–Trinajstić information content (AvgIpc) is 2.92. The van der Waals surface area contributed by atoms with Crippen LogP contribution in [0.2, 0.25) is 0 Å². The molecular weight excluding hydrogens is 257 g/mol. The molecule has 2 aliphatic rings. The molecule has 0 unspecified atom stereocenters. The van der Waals surface area contributed by atoms with Crippen LogP contribution in [-0.2, 0) is 4.79 Å². The summed E-state index contributed by atoms with van der Waals surface area (Å²) in [6.07, 6.45) is 4.51. The normalized spacial score (nSPS) is 19.9. The first-order chi connectivity index (χ1) is 9.72. The Morgan fingerprint density at radius 1 is 1.20 bits per heavy atom. The number of nitrogens with zero attached hydrogens (tertiary/aromatic N) is 1. The second kappa shape index (κ2) is 5.81. The van der Waals surface area contributed by atoms with Crippen molar-refractivity contribution in [1.29, 1.82) is 0 Å². The van der Waals surface area contributed by atoms with Gasteiger partial charge in [0.15, 0.2) is 0 Å². The van der Waals surface area contributed by atoms with Crippen LogP contribution in [0.5, 0.6) is 5.75 Å². The van der Waals surface area contributed by atoms with Crippen LogP contribution in [0.4, 0.5) is 4.39 Å². The molecule has 3 rings (SSSR count). The molecular formula is C16H20FNO2. The minimum Gasteiger partial charge on any atom is -0.493 e. The van der Waals surface area contributed by atoms with Crippen LogP contribution in [0.1, 0.15) is 25.7 Å². The Labute approximate surface area is 118 Å². The van der Waals surface area contributed by atoms with Gasteiger partial charge in [0.25, 0.3) is 0 Å². The first kappa shape index (κ1) is 13.4. The van der Waals surface area contributed by atoms with E-state index in [0.29, 0.717) is 24.2 Å². The van der Waals surface area contributed by atoms with E-state index in [-0.39, 0.29) is 11.7 Å². The SMILES string of the molecule is O=C(C1CCCC1)N1CC(COc2ccc(F)cc2)C1. The molecule has 1 heterocycles. The quantitative estimate of drug-likeness (QED) is 0.847. The fraction of sp³-hybridized carbons (Fsp3) is 0.562. The van der Waals surface area contributed by atoms with Crippen LogP contribution in [-0.4, -0.2) is 30.5 Å². The van der Waals surface area contributed by atoms with Crippen LogP contribution < -0.4 is 4.74 Å². The van der Waals surface area contributed by atoms with Gasteiger partial charge < -0.3 is 9.64 Å². The summed E-state index contributed by atoms with van der Waals surface area (Å²) in [4.78, 5) is 14.1. The van der Waals surface area contributed by atoms with Crippen molar-refractivity contribution in [3.8, 4) is 5.75 Å². The Hall–Kier alpha value is -1.58. The van der Waals surface area contributed by atoms with Gasteiger partial charge in [-0.2, -0.15) is 0 Å². The molecule has 0 N–H and O–H groups in total. The first-order valence-electron chi connectivity index (χ1n) is 7.39. The van der Waals surface area contributed by atoms with Crippen molar-refractivity contribution in [2.45, 2.75) is 25.7 Å². The molecule has 0 radical (unpaired) electrons.